The lowest BCUT2D eigenvalue weighted by atomic mass is 9.68. The van der Waals surface area contributed by atoms with Gasteiger partial charge in [0.2, 0.25) is 11.8 Å². The Bertz CT molecular complexity index is 967. The summed E-state index contributed by atoms with van der Waals surface area (Å²) in [5.74, 6) is -2.05. The van der Waals surface area contributed by atoms with Crippen LogP contribution in [0.3, 0.4) is 0 Å². The van der Waals surface area contributed by atoms with Crippen LogP contribution < -0.4 is 26.6 Å². The van der Waals surface area contributed by atoms with Gasteiger partial charge in [-0.1, -0.05) is 0 Å². The second-order valence-corrected chi connectivity index (χ2v) is 13.8. The second-order valence-electron chi connectivity index (χ2n) is 12.5. The first-order chi connectivity index (χ1) is 19.9. The molecule has 15 heteroatoms. The standard InChI is InChI=1S/C27H44F4N6O4S/c1-12-7-15(21-18(40-3)9-33-13(2)22(21)28)16(8-32-12)23(38)36-26-34-17-10-37(11-19(17)42-26)25(39)14-5-6-20(27(29,30)31)35-24(14)41-4/h12-22,24,26,32-35H,5-11H2,1-4H3,(H,36,38). The highest BCUT2D eigenvalue weighted by Crippen LogP contribution is 2.40. The van der Waals surface area contributed by atoms with Crippen molar-refractivity contribution in [2.24, 2.45) is 23.7 Å². The molecule has 5 N–H and O–H groups in total. The molecular weight excluding hydrogens is 580 g/mol. The van der Waals surface area contributed by atoms with E-state index in [0.29, 0.717) is 32.6 Å². The average molecular weight is 625 g/mol. The van der Waals surface area contributed by atoms with Crippen molar-refractivity contribution in [3.05, 3.63) is 0 Å². The molecular formula is C27H44F4N6O4S. The smallest absolute Gasteiger partial charge is 0.380 e. The van der Waals surface area contributed by atoms with Crippen LogP contribution >= 0.6 is 11.8 Å². The van der Waals surface area contributed by atoms with Crippen LogP contribution in [0, 0.1) is 23.7 Å². The van der Waals surface area contributed by atoms with E-state index >= 15 is 4.39 Å². The lowest BCUT2D eigenvalue weighted by Crippen LogP contribution is -2.61. The number of halogens is 4. The van der Waals surface area contributed by atoms with Gasteiger partial charge in [0.15, 0.2) is 0 Å². The summed E-state index contributed by atoms with van der Waals surface area (Å²) in [6.07, 6.45) is -6.27. The van der Waals surface area contributed by atoms with Crippen LogP contribution in [0.15, 0.2) is 0 Å². The number of piperidine rings is 3. The Morgan fingerprint density at radius 2 is 1.76 bits per heavy atom. The predicted octanol–water partition coefficient (Wildman–Crippen LogP) is 0.780. The lowest BCUT2D eigenvalue weighted by Gasteiger charge is -2.47. The Labute approximate surface area is 248 Å². The first-order valence-corrected chi connectivity index (χ1v) is 15.8. The number of hydrogen-bond acceptors (Lipinski definition) is 9. The molecule has 42 heavy (non-hydrogen) atoms. The van der Waals surface area contributed by atoms with Gasteiger partial charge in [-0.3, -0.25) is 20.2 Å². The Morgan fingerprint density at radius 3 is 2.43 bits per heavy atom. The van der Waals surface area contributed by atoms with Crippen molar-refractivity contribution in [2.45, 2.75) is 92.7 Å². The molecule has 13 atom stereocenters. The van der Waals surface area contributed by atoms with E-state index in [1.165, 1.54) is 18.9 Å². The second kappa shape index (κ2) is 13.0. The highest BCUT2D eigenvalue weighted by molar-refractivity contribution is 8.00. The largest absolute Gasteiger partial charge is 0.403 e. The number of thioether (sulfide) groups is 1. The van der Waals surface area contributed by atoms with Gasteiger partial charge in [-0.25, -0.2) is 4.39 Å². The van der Waals surface area contributed by atoms with E-state index in [2.05, 4.69) is 33.5 Å². The van der Waals surface area contributed by atoms with Crippen molar-refractivity contribution in [3.63, 3.8) is 0 Å². The number of nitrogens with zero attached hydrogens (tertiary/aromatic N) is 1. The molecule has 0 radical (unpaired) electrons. The topological polar surface area (TPSA) is 116 Å². The van der Waals surface area contributed by atoms with Gasteiger partial charge in [0.1, 0.15) is 23.9 Å². The van der Waals surface area contributed by atoms with Crippen LogP contribution in [0.2, 0.25) is 0 Å². The van der Waals surface area contributed by atoms with Crippen molar-refractivity contribution in [1.29, 1.82) is 0 Å². The summed E-state index contributed by atoms with van der Waals surface area (Å²) in [6.45, 7) is 5.70. The van der Waals surface area contributed by atoms with Crippen LogP contribution in [0.5, 0.6) is 0 Å². The number of nitrogens with one attached hydrogen (secondary N) is 5. The number of methoxy groups -OCH3 is 2. The molecule has 5 rings (SSSR count). The molecule has 0 aliphatic carbocycles. The average Bonchev–Trinajstić information content (AvgIpc) is 3.52. The van der Waals surface area contributed by atoms with Crippen LogP contribution in [0.25, 0.3) is 0 Å². The number of hydrogen-bond donors (Lipinski definition) is 5. The maximum absolute atomic E-state index is 15.5. The number of carbonyl (C=O) groups excluding carboxylic acids is 2. The highest BCUT2D eigenvalue weighted by Gasteiger charge is 2.51. The molecule has 0 spiro atoms. The lowest BCUT2D eigenvalue weighted by molar-refractivity contribution is -0.183. The van der Waals surface area contributed by atoms with Crippen LogP contribution in [-0.2, 0) is 19.1 Å². The number of alkyl halides is 4. The van der Waals surface area contributed by atoms with Gasteiger partial charge in [0.05, 0.1) is 17.9 Å². The van der Waals surface area contributed by atoms with Crippen molar-refractivity contribution >= 4 is 23.6 Å². The summed E-state index contributed by atoms with van der Waals surface area (Å²) in [4.78, 5) is 28.6. The number of rotatable bonds is 6. The Hall–Kier alpha value is -1.23. The van der Waals surface area contributed by atoms with Gasteiger partial charge in [-0.2, -0.15) is 13.2 Å². The minimum absolute atomic E-state index is 0.0263. The molecule has 0 saturated carbocycles. The summed E-state index contributed by atoms with van der Waals surface area (Å²) < 4.78 is 66.0. The Kier molecular flexibility index (Phi) is 9.97. The van der Waals surface area contributed by atoms with E-state index in [4.69, 9.17) is 9.47 Å². The van der Waals surface area contributed by atoms with Gasteiger partial charge in [-0.05, 0) is 39.0 Å². The molecule has 5 fully saturated rings. The number of carbonyl (C=O) groups is 2. The number of amides is 2. The molecule has 0 aromatic carbocycles. The molecule has 5 heterocycles. The summed E-state index contributed by atoms with van der Waals surface area (Å²) >= 11 is 1.53. The maximum atomic E-state index is 15.5. The molecule has 0 aromatic rings. The number of ether oxygens (including phenoxy) is 2. The van der Waals surface area contributed by atoms with Gasteiger partial charge in [0, 0.05) is 69.7 Å². The molecule has 10 nitrogen and oxygen atoms in total. The van der Waals surface area contributed by atoms with Crippen molar-refractivity contribution < 1.29 is 36.6 Å². The molecule has 2 amide bonds. The first-order valence-electron chi connectivity index (χ1n) is 14.9. The van der Waals surface area contributed by atoms with Gasteiger partial charge in [0.25, 0.3) is 0 Å². The predicted molar refractivity (Wildman–Crippen MR) is 149 cm³/mol. The minimum Gasteiger partial charge on any atom is -0.380 e. The van der Waals surface area contributed by atoms with E-state index < -0.39 is 42.4 Å². The monoisotopic (exact) mass is 624 g/mol. The van der Waals surface area contributed by atoms with Crippen molar-refractivity contribution in [1.82, 2.24) is 31.5 Å². The molecule has 240 valence electrons. The summed E-state index contributed by atoms with van der Waals surface area (Å²) in [5.41, 5.74) is -0.355. The maximum Gasteiger partial charge on any atom is 0.403 e. The summed E-state index contributed by atoms with van der Waals surface area (Å²) in [6, 6.07) is -1.92. The fourth-order valence-corrected chi connectivity index (χ4v) is 8.94. The molecule has 0 aromatic heterocycles. The molecule has 5 aliphatic heterocycles. The number of likely N-dealkylation sites (tertiary alicyclic amines) is 1. The van der Waals surface area contributed by atoms with E-state index in [-0.39, 0.29) is 65.6 Å². The zero-order chi connectivity index (χ0) is 30.3. The molecule has 0 bridgehead atoms. The quantitative estimate of drug-likeness (QED) is 0.274. The molecule has 5 saturated heterocycles. The fourth-order valence-electron chi connectivity index (χ4n) is 7.53. The SMILES string of the molecule is COC1CNC(C)C(F)C1C1CC(C)NCC1C(=O)NC1NC2CN(C(=O)C3CCC(C(F)(F)F)NC3OC)CC2S1. The van der Waals surface area contributed by atoms with E-state index in [1.807, 2.05) is 6.92 Å². The summed E-state index contributed by atoms with van der Waals surface area (Å²) in [7, 11) is 2.90. The van der Waals surface area contributed by atoms with Gasteiger partial charge < -0.3 is 30.3 Å². The van der Waals surface area contributed by atoms with Gasteiger partial charge >= 0.3 is 6.18 Å². The first kappa shape index (κ1) is 32.2. The third-order valence-corrected chi connectivity index (χ3v) is 11.2. The van der Waals surface area contributed by atoms with Crippen LogP contribution in [-0.4, -0.2) is 117 Å². The zero-order valence-corrected chi connectivity index (χ0v) is 25.3. The molecule has 5 aliphatic rings. The Morgan fingerprint density at radius 1 is 1.00 bits per heavy atom. The summed E-state index contributed by atoms with van der Waals surface area (Å²) in [5, 5.41) is 15.6. The third-order valence-electron chi connectivity index (χ3n) is 9.87. The number of fused-ring (bicyclic) bond motifs is 1. The van der Waals surface area contributed by atoms with E-state index in [1.54, 1.807) is 12.0 Å². The minimum atomic E-state index is -4.40. The highest BCUT2D eigenvalue weighted by atomic mass is 32.2. The van der Waals surface area contributed by atoms with Crippen LogP contribution in [0.1, 0.15) is 33.1 Å². The van der Waals surface area contributed by atoms with Crippen molar-refractivity contribution in [3.8, 4) is 0 Å². The zero-order valence-electron chi connectivity index (χ0n) is 24.5. The van der Waals surface area contributed by atoms with Crippen molar-refractivity contribution in [2.75, 3.05) is 40.4 Å². The van der Waals surface area contributed by atoms with E-state index in [9.17, 15) is 22.8 Å². The third kappa shape index (κ3) is 6.57. The van der Waals surface area contributed by atoms with E-state index in [0.717, 1.165) is 0 Å². The fraction of sp³-hybridized carbons (Fsp3) is 0.926. The van der Waals surface area contributed by atoms with Crippen LogP contribution in [0.4, 0.5) is 17.6 Å². The van der Waals surface area contributed by atoms with Gasteiger partial charge in [-0.15, -0.1) is 11.8 Å². The Balaban J connectivity index is 1.16. The molecule has 13 unspecified atom stereocenters. The normalized spacial score (nSPS) is 44.6.